The number of sulfone groups is 1. The summed E-state index contributed by atoms with van der Waals surface area (Å²) in [6, 6.07) is 0. The molecule has 8 heteroatoms. The summed E-state index contributed by atoms with van der Waals surface area (Å²) in [4.78, 5) is 0. The molecule has 1 heterocycles. The van der Waals surface area contributed by atoms with Crippen LogP contribution in [0.2, 0.25) is 0 Å². The number of nitrogens with one attached hydrogen (secondary N) is 1. The van der Waals surface area contributed by atoms with E-state index in [1.807, 2.05) is 0 Å². The lowest BCUT2D eigenvalue weighted by Gasteiger charge is -2.25. The maximum atomic E-state index is 12.0. The molecule has 19 heavy (non-hydrogen) atoms. The lowest BCUT2D eigenvalue weighted by Crippen LogP contribution is -2.44. The van der Waals surface area contributed by atoms with Crippen molar-refractivity contribution in [2.45, 2.75) is 26.2 Å². The van der Waals surface area contributed by atoms with Gasteiger partial charge >= 0.3 is 0 Å². The van der Waals surface area contributed by atoms with Gasteiger partial charge in [-0.05, 0) is 32.4 Å². The average molecular weight is 312 g/mol. The molecule has 114 valence electrons. The highest BCUT2D eigenvalue weighted by Gasteiger charge is 2.29. The van der Waals surface area contributed by atoms with Crippen molar-refractivity contribution in [1.29, 1.82) is 0 Å². The van der Waals surface area contributed by atoms with Gasteiger partial charge in [-0.25, -0.2) is 16.8 Å². The van der Waals surface area contributed by atoms with E-state index < -0.39 is 19.9 Å². The Labute approximate surface area is 116 Å². The van der Waals surface area contributed by atoms with Gasteiger partial charge in [-0.3, -0.25) is 0 Å². The average Bonchev–Trinajstić information content (AvgIpc) is 2.33. The number of unbranched alkanes of at least 4 members (excludes halogenated alkanes) is 1. The second kappa shape index (κ2) is 7.56. The number of rotatable bonds is 8. The van der Waals surface area contributed by atoms with E-state index in [0.717, 1.165) is 25.9 Å². The monoisotopic (exact) mass is 312 g/mol. The van der Waals surface area contributed by atoms with Crippen molar-refractivity contribution >= 4 is 19.9 Å². The molecule has 0 atom stereocenters. The predicted octanol–water partition coefficient (Wildman–Crippen LogP) is -0.174. The van der Waals surface area contributed by atoms with Gasteiger partial charge < -0.3 is 5.32 Å². The van der Waals surface area contributed by atoms with Gasteiger partial charge in [-0.15, -0.1) is 0 Å². The molecule has 1 aliphatic rings. The van der Waals surface area contributed by atoms with Crippen LogP contribution in [-0.2, 0) is 19.9 Å². The zero-order valence-corrected chi connectivity index (χ0v) is 13.1. The SMILES string of the molecule is CCCNCCCCS(=O)(=O)N1CCS(=O)(=O)CC1. The van der Waals surface area contributed by atoms with Crippen LogP contribution in [0.15, 0.2) is 0 Å². The Morgan fingerprint density at radius 2 is 1.74 bits per heavy atom. The Hall–Kier alpha value is -0.180. The first-order valence-electron chi connectivity index (χ1n) is 6.76. The minimum absolute atomic E-state index is 0.0513. The molecule has 0 aromatic heterocycles. The maximum Gasteiger partial charge on any atom is 0.214 e. The largest absolute Gasteiger partial charge is 0.317 e. The summed E-state index contributed by atoms with van der Waals surface area (Å²) in [5, 5.41) is 3.22. The highest BCUT2D eigenvalue weighted by Crippen LogP contribution is 2.10. The Balaban J connectivity index is 2.28. The summed E-state index contributed by atoms with van der Waals surface area (Å²) >= 11 is 0. The lowest BCUT2D eigenvalue weighted by atomic mass is 10.3. The fraction of sp³-hybridized carbons (Fsp3) is 1.00. The standard InChI is InChI=1S/C11H24N2O4S2/c1-2-5-12-6-3-4-9-19(16,17)13-7-10-18(14,15)11-8-13/h12H,2-11H2,1H3. The molecule has 0 spiro atoms. The first kappa shape index (κ1) is 16.9. The molecule has 0 saturated carbocycles. The van der Waals surface area contributed by atoms with Gasteiger partial charge in [0.05, 0.1) is 17.3 Å². The van der Waals surface area contributed by atoms with Crippen LogP contribution in [-0.4, -0.2) is 64.6 Å². The third-order valence-corrected chi connectivity index (χ3v) is 6.70. The molecule has 0 radical (unpaired) electrons. The Bertz CT molecular complexity index is 445. The number of nitrogens with zero attached hydrogens (tertiary/aromatic N) is 1. The molecule has 1 fully saturated rings. The van der Waals surface area contributed by atoms with Crippen LogP contribution in [0, 0.1) is 0 Å². The smallest absolute Gasteiger partial charge is 0.214 e. The summed E-state index contributed by atoms with van der Waals surface area (Å²) in [5.41, 5.74) is 0. The highest BCUT2D eigenvalue weighted by molar-refractivity contribution is 7.92. The van der Waals surface area contributed by atoms with Gasteiger partial charge in [0.2, 0.25) is 10.0 Å². The molecule has 1 aliphatic heterocycles. The third-order valence-electron chi connectivity index (χ3n) is 3.13. The highest BCUT2D eigenvalue weighted by atomic mass is 32.2. The van der Waals surface area contributed by atoms with Crippen molar-refractivity contribution in [3.8, 4) is 0 Å². The first-order valence-corrected chi connectivity index (χ1v) is 10.2. The quantitative estimate of drug-likeness (QED) is 0.629. The number of hydrogen-bond donors (Lipinski definition) is 1. The van der Waals surface area contributed by atoms with E-state index in [1.165, 1.54) is 4.31 Å². The molecule has 1 saturated heterocycles. The summed E-state index contributed by atoms with van der Waals surface area (Å²) in [7, 11) is -6.31. The van der Waals surface area contributed by atoms with Crippen LogP contribution in [0.25, 0.3) is 0 Å². The van der Waals surface area contributed by atoms with Crippen molar-refractivity contribution in [3.05, 3.63) is 0 Å². The van der Waals surface area contributed by atoms with Gasteiger partial charge in [0.15, 0.2) is 9.84 Å². The third kappa shape index (κ3) is 6.20. The molecular weight excluding hydrogens is 288 g/mol. The minimum Gasteiger partial charge on any atom is -0.317 e. The predicted molar refractivity (Wildman–Crippen MR) is 76.4 cm³/mol. The summed E-state index contributed by atoms with van der Waals surface area (Å²) < 4.78 is 47.8. The van der Waals surface area contributed by atoms with E-state index in [2.05, 4.69) is 12.2 Å². The Morgan fingerprint density at radius 3 is 2.32 bits per heavy atom. The van der Waals surface area contributed by atoms with Gasteiger partial charge in [0.1, 0.15) is 0 Å². The molecule has 1 rings (SSSR count). The van der Waals surface area contributed by atoms with E-state index in [-0.39, 0.29) is 30.3 Å². The first-order chi connectivity index (χ1) is 8.87. The maximum absolute atomic E-state index is 12.0. The van der Waals surface area contributed by atoms with Gasteiger partial charge in [0.25, 0.3) is 0 Å². The van der Waals surface area contributed by atoms with E-state index in [1.54, 1.807) is 0 Å². The topological polar surface area (TPSA) is 83.6 Å². The molecular formula is C11H24N2O4S2. The minimum atomic E-state index is -3.29. The fourth-order valence-electron chi connectivity index (χ4n) is 1.94. The fourth-order valence-corrected chi connectivity index (χ4v) is 4.94. The zero-order chi connectivity index (χ0) is 14.4. The van der Waals surface area contributed by atoms with Crippen LogP contribution in [0.1, 0.15) is 26.2 Å². The van der Waals surface area contributed by atoms with Crippen LogP contribution >= 0.6 is 0 Å². The van der Waals surface area contributed by atoms with E-state index >= 15 is 0 Å². The van der Waals surface area contributed by atoms with Crippen LogP contribution < -0.4 is 5.32 Å². The van der Waals surface area contributed by atoms with Crippen molar-refractivity contribution in [2.24, 2.45) is 0 Å². The zero-order valence-electron chi connectivity index (χ0n) is 11.5. The summed E-state index contributed by atoms with van der Waals surface area (Å²) in [6.07, 6.45) is 2.51. The second-order valence-corrected chi connectivity index (χ2v) is 9.22. The molecule has 6 nitrogen and oxygen atoms in total. The molecule has 0 aromatic carbocycles. The Kier molecular flexibility index (Phi) is 6.72. The van der Waals surface area contributed by atoms with Crippen molar-refractivity contribution in [2.75, 3.05) is 43.4 Å². The van der Waals surface area contributed by atoms with Crippen LogP contribution in [0.5, 0.6) is 0 Å². The Morgan fingerprint density at radius 1 is 1.11 bits per heavy atom. The second-order valence-electron chi connectivity index (χ2n) is 4.82. The molecule has 0 aliphatic carbocycles. The normalized spacial score (nSPS) is 20.5. The van der Waals surface area contributed by atoms with E-state index in [9.17, 15) is 16.8 Å². The van der Waals surface area contributed by atoms with E-state index in [4.69, 9.17) is 0 Å². The van der Waals surface area contributed by atoms with Gasteiger partial charge in [-0.1, -0.05) is 6.92 Å². The number of hydrogen-bond acceptors (Lipinski definition) is 5. The van der Waals surface area contributed by atoms with Crippen molar-refractivity contribution in [3.63, 3.8) is 0 Å². The lowest BCUT2D eigenvalue weighted by molar-refractivity contribution is 0.429. The molecule has 0 aromatic rings. The van der Waals surface area contributed by atoms with Crippen molar-refractivity contribution < 1.29 is 16.8 Å². The molecule has 0 bridgehead atoms. The molecule has 1 N–H and O–H groups in total. The van der Waals surface area contributed by atoms with Gasteiger partial charge in [0, 0.05) is 13.1 Å². The molecule has 0 amide bonds. The summed E-state index contributed by atoms with van der Waals surface area (Å²) in [5.74, 6) is 0.00935. The van der Waals surface area contributed by atoms with Crippen LogP contribution in [0.4, 0.5) is 0 Å². The van der Waals surface area contributed by atoms with Crippen LogP contribution in [0.3, 0.4) is 0 Å². The van der Waals surface area contributed by atoms with Crippen molar-refractivity contribution in [1.82, 2.24) is 9.62 Å². The number of sulfonamides is 1. The summed E-state index contributed by atoms with van der Waals surface area (Å²) in [6.45, 7) is 4.09. The molecule has 0 unspecified atom stereocenters. The van der Waals surface area contributed by atoms with Gasteiger partial charge in [-0.2, -0.15) is 4.31 Å². The van der Waals surface area contributed by atoms with E-state index in [0.29, 0.717) is 6.42 Å².